The molecule has 1 fully saturated rings. The quantitative estimate of drug-likeness (QED) is 0.545. The molecule has 1 aliphatic heterocycles. The van der Waals surface area contributed by atoms with Crippen LogP contribution in [-0.2, 0) is 11.2 Å². The predicted molar refractivity (Wildman–Crippen MR) is 113 cm³/mol. The molecule has 1 atom stereocenters. The van der Waals surface area contributed by atoms with Crippen molar-refractivity contribution < 1.29 is 4.79 Å². The van der Waals surface area contributed by atoms with E-state index >= 15 is 0 Å². The van der Waals surface area contributed by atoms with Crippen LogP contribution in [0.25, 0.3) is 0 Å². The van der Waals surface area contributed by atoms with E-state index in [4.69, 9.17) is 4.99 Å². The van der Waals surface area contributed by atoms with Crippen LogP contribution in [0.3, 0.4) is 0 Å². The van der Waals surface area contributed by atoms with Crippen molar-refractivity contribution in [2.24, 2.45) is 16.3 Å². The molecular weight excluding hydrogens is 336 g/mol. The van der Waals surface area contributed by atoms with Crippen molar-refractivity contribution >= 4 is 11.9 Å². The van der Waals surface area contributed by atoms with Crippen molar-refractivity contribution in [1.29, 1.82) is 0 Å². The molecular formula is C22H36N4O. The molecule has 0 spiro atoms. The number of rotatable bonds is 8. The van der Waals surface area contributed by atoms with Crippen LogP contribution < -0.4 is 10.6 Å². The number of nitrogens with zero attached hydrogens (tertiary/aromatic N) is 2. The number of benzene rings is 1. The number of aliphatic imine (C=N–C) groups is 1. The molecule has 0 aliphatic carbocycles. The second-order valence-corrected chi connectivity index (χ2v) is 8.60. The molecule has 27 heavy (non-hydrogen) atoms. The van der Waals surface area contributed by atoms with E-state index in [9.17, 15) is 4.79 Å². The van der Waals surface area contributed by atoms with Crippen molar-refractivity contribution in [2.45, 2.75) is 47.0 Å². The van der Waals surface area contributed by atoms with Crippen molar-refractivity contribution in [3.63, 3.8) is 0 Å². The number of carbonyl (C=O) groups excluding carboxylic acids is 1. The number of hydrogen-bond acceptors (Lipinski definition) is 2. The zero-order valence-electron chi connectivity index (χ0n) is 17.4. The Labute approximate surface area is 164 Å². The van der Waals surface area contributed by atoms with Gasteiger partial charge < -0.3 is 15.5 Å². The average molecular weight is 373 g/mol. The highest BCUT2D eigenvalue weighted by Crippen LogP contribution is 2.19. The molecule has 1 unspecified atom stereocenters. The molecule has 5 nitrogen and oxygen atoms in total. The van der Waals surface area contributed by atoms with Gasteiger partial charge in [-0.05, 0) is 30.7 Å². The first-order valence-electron chi connectivity index (χ1n) is 10.2. The minimum absolute atomic E-state index is 0.261. The molecule has 0 bridgehead atoms. The minimum atomic E-state index is 0.261. The van der Waals surface area contributed by atoms with E-state index in [1.54, 1.807) is 0 Å². The largest absolute Gasteiger partial charge is 0.357 e. The van der Waals surface area contributed by atoms with Crippen LogP contribution in [0.2, 0.25) is 0 Å². The van der Waals surface area contributed by atoms with Crippen LogP contribution >= 0.6 is 0 Å². The molecule has 1 amide bonds. The van der Waals surface area contributed by atoms with Gasteiger partial charge in [0.25, 0.3) is 0 Å². The van der Waals surface area contributed by atoms with E-state index in [1.807, 2.05) is 23.1 Å². The zero-order valence-corrected chi connectivity index (χ0v) is 17.4. The number of likely N-dealkylation sites (tertiary alicyclic amines) is 1. The Morgan fingerprint density at radius 1 is 1.22 bits per heavy atom. The highest BCUT2D eigenvalue weighted by molar-refractivity contribution is 5.80. The zero-order chi connectivity index (χ0) is 19.7. The summed E-state index contributed by atoms with van der Waals surface area (Å²) < 4.78 is 0. The fraction of sp³-hybridized carbons (Fsp3) is 0.636. The van der Waals surface area contributed by atoms with E-state index in [-0.39, 0.29) is 5.91 Å². The Hall–Kier alpha value is -2.04. The smallest absolute Gasteiger partial charge is 0.223 e. The summed E-state index contributed by atoms with van der Waals surface area (Å²) >= 11 is 0. The topological polar surface area (TPSA) is 56.7 Å². The van der Waals surface area contributed by atoms with Gasteiger partial charge in [-0.2, -0.15) is 0 Å². The molecule has 150 valence electrons. The van der Waals surface area contributed by atoms with Crippen molar-refractivity contribution in [3.8, 4) is 0 Å². The van der Waals surface area contributed by atoms with Crippen LogP contribution in [-0.4, -0.2) is 49.5 Å². The number of hydrogen-bond donors (Lipinski definition) is 2. The molecule has 5 heteroatoms. The molecule has 2 rings (SSSR count). The fourth-order valence-corrected chi connectivity index (χ4v) is 3.22. The van der Waals surface area contributed by atoms with Crippen molar-refractivity contribution in [1.82, 2.24) is 15.5 Å². The van der Waals surface area contributed by atoms with Crippen LogP contribution in [0.4, 0.5) is 0 Å². The summed E-state index contributed by atoms with van der Waals surface area (Å²) in [6.07, 6.45) is 2.62. The van der Waals surface area contributed by atoms with Gasteiger partial charge in [-0.25, -0.2) is 0 Å². The lowest BCUT2D eigenvalue weighted by atomic mass is 9.92. The van der Waals surface area contributed by atoms with Gasteiger partial charge in [-0.1, -0.05) is 51.1 Å². The maximum Gasteiger partial charge on any atom is 0.223 e. The lowest BCUT2D eigenvalue weighted by Gasteiger charge is -2.20. The second-order valence-electron chi connectivity index (χ2n) is 8.60. The van der Waals surface area contributed by atoms with Gasteiger partial charge in [0.1, 0.15) is 0 Å². The second kappa shape index (κ2) is 10.3. The average Bonchev–Trinajstić information content (AvgIpc) is 2.97. The van der Waals surface area contributed by atoms with Crippen molar-refractivity contribution in [3.05, 3.63) is 35.9 Å². The van der Waals surface area contributed by atoms with Crippen LogP contribution in [0.15, 0.2) is 35.3 Å². The molecule has 1 aromatic carbocycles. The molecule has 1 aromatic rings. The van der Waals surface area contributed by atoms with Crippen molar-refractivity contribution in [2.75, 3.05) is 32.7 Å². The summed E-state index contributed by atoms with van der Waals surface area (Å²) in [5, 5.41) is 6.71. The summed E-state index contributed by atoms with van der Waals surface area (Å²) in [5.74, 6) is 1.43. The normalized spacial score (nSPS) is 18.1. The third-order valence-corrected chi connectivity index (χ3v) is 4.83. The standard InChI is InChI=1S/C22H36N4O/c1-5-23-21(24-13-12-22(2,3)4)25-16-19-15-20(27)26(17-19)14-11-18-9-7-6-8-10-18/h6-10,19H,5,11-17H2,1-4H3,(H2,23,24,25). The molecule has 2 N–H and O–H groups in total. The third kappa shape index (κ3) is 8.02. The third-order valence-electron chi connectivity index (χ3n) is 4.83. The molecule has 0 radical (unpaired) electrons. The lowest BCUT2D eigenvalue weighted by Crippen LogP contribution is -2.39. The van der Waals surface area contributed by atoms with E-state index in [0.717, 1.165) is 45.0 Å². The van der Waals surface area contributed by atoms with Gasteiger partial charge in [0, 0.05) is 45.1 Å². The SMILES string of the molecule is CCNC(=NCC1CC(=O)N(CCc2ccccc2)C1)NCCC(C)(C)C. The minimum Gasteiger partial charge on any atom is -0.357 e. The Balaban J connectivity index is 1.79. The molecule has 1 saturated heterocycles. The summed E-state index contributed by atoms with van der Waals surface area (Å²) in [7, 11) is 0. The van der Waals surface area contributed by atoms with Gasteiger partial charge in [0.2, 0.25) is 5.91 Å². The van der Waals surface area contributed by atoms with E-state index in [2.05, 4.69) is 50.5 Å². The fourth-order valence-electron chi connectivity index (χ4n) is 3.22. The summed E-state index contributed by atoms with van der Waals surface area (Å²) in [5.41, 5.74) is 1.59. The maximum atomic E-state index is 12.3. The van der Waals surface area contributed by atoms with Gasteiger partial charge in [-0.3, -0.25) is 9.79 Å². The maximum absolute atomic E-state index is 12.3. The van der Waals surface area contributed by atoms with Crippen LogP contribution in [0.5, 0.6) is 0 Å². The van der Waals surface area contributed by atoms with E-state index < -0.39 is 0 Å². The first-order valence-corrected chi connectivity index (χ1v) is 10.2. The van der Waals surface area contributed by atoms with Gasteiger partial charge >= 0.3 is 0 Å². The number of amides is 1. The number of carbonyl (C=O) groups is 1. The highest BCUT2D eigenvalue weighted by Gasteiger charge is 2.29. The lowest BCUT2D eigenvalue weighted by molar-refractivity contribution is -0.127. The van der Waals surface area contributed by atoms with E-state index in [1.165, 1.54) is 5.56 Å². The Bertz CT molecular complexity index is 606. The highest BCUT2D eigenvalue weighted by atomic mass is 16.2. The van der Waals surface area contributed by atoms with Gasteiger partial charge in [0.05, 0.1) is 0 Å². The number of nitrogens with one attached hydrogen (secondary N) is 2. The molecule has 1 heterocycles. The summed E-state index contributed by atoms with van der Waals surface area (Å²) in [6.45, 7) is 12.9. The number of guanidine groups is 1. The van der Waals surface area contributed by atoms with E-state index in [0.29, 0.717) is 24.3 Å². The Morgan fingerprint density at radius 3 is 2.63 bits per heavy atom. The Morgan fingerprint density at radius 2 is 1.96 bits per heavy atom. The summed E-state index contributed by atoms with van der Waals surface area (Å²) in [4.78, 5) is 19.0. The van der Waals surface area contributed by atoms with Crippen LogP contribution in [0.1, 0.15) is 46.1 Å². The monoisotopic (exact) mass is 372 g/mol. The first kappa shape index (κ1) is 21.3. The van der Waals surface area contributed by atoms with Crippen LogP contribution in [0, 0.1) is 11.3 Å². The molecule has 0 aromatic heterocycles. The first-order chi connectivity index (χ1) is 12.9. The molecule has 1 aliphatic rings. The summed E-state index contributed by atoms with van der Waals surface area (Å²) in [6, 6.07) is 10.4. The molecule has 0 saturated carbocycles. The van der Waals surface area contributed by atoms with Gasteiger partial charge in [0.15, 0.2) is 5.96 Å². The Kier molecular flexibility index (Phi) is 8.14. The predicted octanol–water partition coefficient (Wildman–Crippen LogP) is 3.07. The van der Waals surface area contributed by atoms with Gasteiger partial charge in [-0.15, -0.1) is 0 Å².